The smallest absolute Gasteiger partial charge is 0.255 e. The molecule has 1 atom stereocenters. The van der Waals surface area contributed by atoms with Crippen LogP contribution in [-0.4, -0.2) is 28.4 Å². The molecule has 1 aromatic heterocycles. The zero-order valence-electron chi connectivity index (χ0n) is 17.0. The van der Waals surface area contributed by atoms with Crippen LogP contribution in [0.1, 0.15) is 48.4 Å². The number of ketones is 2. The van der Waals surface area contributed by atoms with Gasteiger partial charge in [-0.25, -0.2) is 0 Å². The van der Waals surface area contributed by atoms with E-state index in [2.05, 4.69) is 0 Å². The summed E-state index contributed by atoms with van der Waals surface area (Å²) in [6.45, 7) is 3.47. The van der Waals surface area contributed by atoms with Gasteiger partial charge in [0.2, 0.25) is 0 Å². The summed E-state index contributed by atoms with van der Waals surface area (Å²) < 4.78 is 11.8. The van der Waals surface area contributed by atoms with Crippen LogP contribution in [0.5, 0.6) is 5.75 Å². The molecule has 0 aliphatic carbocycles. The second-order valence-corrected chi connectivity index (χ2v) is 7.62. The molecule has 6 heteroatoms. The molecule has 4 rings (SSSR count). The van der Waals surface area contributed by atoms with Gasteiger partial charge in [0.25, 0.3) is 5.91 Å². The third-order valence-electron chi connectivity index (χ3n) is 5.41. The van der Waals surface area contributed by atoms with Gasteiger partial charge in [0.15, 0.2) is 5.78 Å². The molecule has 0 spiro atoms. The summed E-state index contributed by atoms with van der Waals surface area (Å²) >= 11 is 0. The van der Waals surface area contributed by atoms with Crippen LogP contribution >= 0.6 is 0 Å². The zero-order valence-corrected chi connectivity index (χ0v) is 17.0. The molecule has 0 N–H and O–H groups in total. The van der Waals surface area contributed by atoms with E-state index in [9.17, 15) is 14.4 Å². The summed E-state index contributed by atoms with van der Waals surface area (Å²) in [5.74, 6) is 0.959. The Kier molecular flexibility index (Phi) is 5.40. The lowest BCUT2D eigenvalue weighted by Gasteiger charge is -2.25. The number of ether oxygens (including phenoxy) is 1. The number of hydrogen-bond acceptors (Lipinski definition) is 5. The molecule has 2 aromatic carbocycles. The minimum Gasteiger partial charge on any atom is -0.485 e. The lowest BCUT2D eigenvalue weighted by molar-refractivity contribution is -0.122. The van der Waals surface area contributed by atoms with Gasteiger partial charge in [-0.2, -0.15) is 0 Å². The largest absolute Gasteiger partial charge is 0.485 e. The molecule has 1 amide bonds. The van der Waals surface area contributed by atoms with Gasteiger partial charge < -0.3 is 18.8 Å². The lowest BCUT2D eigenvalue weighted by atomic mass is 10.0. The summed E-state index contributed by atoms with van der Waals surface area (Å²) in [7, 11) is 0. The Hall–Kier alpha value is -3.41. The standard InChI is InChI=1S/C24H23NO5/c1-15(26)10-11-21(16(2)27)25-13-20-19(24(25)28)7-5-9-23(20)29-14-18-12-17-6-3-4-8-22(17)30-18/h3-9,12,21H,10-11,13-14H2,1-2H3. The van der Waals surface area contributed by atoms with Gasteiger partial charge in [-0.15, -0.1) is 0 Å². The number of furan rings is 1. The third-order valence-corrected chi connectivity index (χ3v) is 5.41. The van der Waals surface area contributed by atoms with Crippen molar-refractivity contribution in [1.29, 1.82) is 0 Å². The van der Waals surface area contributed by atoms with Crippen LogP contribution in [0.15, 0.2) is 52.9 Å². The van der Waals surface area contributed by atoms with Gasteiger partial charge in [0, 0.05) is 22.9 Å². The normalized spacial score (nSPS) is 14.1. The first kappa shape index (κ1) is 19.9. The number of nitrogens with zero attached hydrogens (tertiary/aromatic N) is 1. The van der Waals surface area contributed by atoms with Crippen LogP contribution < -0.4 is 4.74 Å². The minimum atomic E-state index is -0.614. The van der Waals surface area contributed by atoms with Crippen LogP contribution in [-0.2, 0) is 22.7 Å². The van der Waals surface area contributed by atoms with E-state index in [4.69, 9.17) is 9.15 Å². The van der Waals surface area contributed by atoms with Gasteiger partial charge in [-0.05, 0) is 44.5 Å². The maximum Gasteiger partial charge on any atom is 0.255 e. The number of amides is 1. The fourth-order valence-corrected chi connectivity index (χ4v) is 3.89. The van der Waals surface area contributed by atoms with Crippen molar-refractivity contribution in [3.63, 3.8) is 0 Å². The van der Waals surface area contributed by atoms with E-state index in [0.29, 0.717) is 23.5 Å². The van der Waals surface area contributed by atoms with E-state index in [1.165, 1.54) is 13.8 Å². The molecule has 0 fully saturated rings. The molecule has 3 aromatic rings. The summed E-state index contributed by atoms with van der Waals surface area (Å²) in [5, 5.41) is 1.01. The Balaban J connectivity index is 1.53. The van der Waals surface area contributed by atoms with Crippen LogP contribution in [0.3, 0.4) is 0 Å². The third kappa shape index (κ3) is 3.85. The van der Waals surface area contributed by atoms with Gasteiger partial charge in [0.05, 0.1) is 12.6 Å². The molecule has 154 valence electrons. The first-order valence-electron chi connectivity index (χ1n) is 9.97. The van der Waals surface area contributed by atoms with Crippen molar-refractivity contribution in [3.8, 4) is 5.75 Å². The predicted molar refractivity (Wildman–Crippen MR) is 111 cm³/mol. The van der Waals surface area contributed by atoms with Crippen molar-refractivity contribution in [2.24, 2.45) is 0 Å². The van der Waals surface area contributed by atoms with E-state index in [0.717, 1.165) is 16.5 Å². The second kappa shape index (κ2) is 8.14. The van der Waals surface area contributed by atoms with Crippen molar-refractivity contribution < 1.29 is 23.5 Å². The average Bonchev–Trinajstić information content (AvgIpc) is 3.28. The highest BCUT2D eigenvalue weighted by Gasteiger charge is 2.36. The molecule has 0 saturated heterocycles. The summed E-state index contributed by atoms with van der Waals surface area (Å²) in [5.41, 5.74) is 2.09. The molecule has 1 aliphatic heterocycles. The molecule has 6 nitrogen and oxygen atoms in total. The van der Waals surface area contributed by atoms with E-state index in [1.807, 2.05) is 36.4 Å². The summed E-state index contributed by atoms with van der Waals surface area (Å²) in [6.07, 6.45) is 0.597. The molecule has 1 unspecified atom stereocenters. The Bertz CT molecular complexity index is 1100. The fraction of sp³-hybridized carbons (Fsp3) is 0.292. The molecular weight excluding hydrogens is 382 g/mol. The van der Waals surface area contributed by atoms with Gasteiger partial charge >= 0.3 is 0 Å². The molecular formula is C24H23NO5. The Morgan fingerprint density at radius 1 is 1.13 bits per heavy atom. The molecule has 30 heavy (non-hydrogen) atoms. The average molecular weight is 405 g/mol. The van der Waals surface area contributed by atoms with Crippen molar-refractivity contribution in [2.75, 3.05) is 0 Å². The molecule has 1 aliphatic rings. The monoisotopic (exact) mass is 405 g/mol. The van der Waals surface area contributed by atoms with E-state index in [1.54, 1.807) is 17.0 Å². The highest BCUT2D eigenvalue weighted by Crippen LogP contribution is 2.34. The number of hydrogen-bond donors (Lipinski definition) is 0. The number of fused-ring (bicyclic) bond motifs is 2. The topological polar surface area (TPSA) is 76.8 Å². The summed E-state index contributed by atoms with van der Waals surface area (Å²) in [4.78, 5) is 38.0. The minimum absolute atomic E-state index is 0.000247. The number of para-hydroxylation sites is 1. The highest BCUT2D eigenvalue weighted by atomic mass is 16.5. The van der Waals surface area contributed by atoms with Gasteiger partial charge in [-0.1, -0.05) is 24.3 Å². The van der Waals surface area contributed by atoms with Crippen LogP contribution in [0.2, 0.25) is 0 Å². The van der Waals surface area contributed by atoms with E-state index >= 15 is 0 Å². The van der Waals surface area contributed by atoms with Crippen molar-refractivity contribution in [2.45, 2.75) is 45.9 Å². The Morgan fingerprint density at radius 3 is 2.67 bits per heavy atom. The van der Waals surface area contributed by atoms with Gasteiger partial charge in [0.1, 0.15) is 29.5 Å². The Morgan fingerprint density at radius 2 is 1.93 bits per heavy atom. The molecule has 0 bridgehead atoms. The predicted octanol–water partition coefficient (Wildman–Crippen LogP) is 4.29. The van der Waals surface area contributed by atoms with Crippen LogP contribution in [0, 0.1) is 0 Å². The first-order chi connectivity index (χ1) is 14.4. The summed E-state index contributed by atoms with van der Waals surface area (Å²) in [6, 6.07) is 14.4. The molecule has 0 radical (unpaired) electrons. The SMILES string of the molecule is CC(=O)CCC(C(C)=O)N1Cc2c(OCc3cc4ccccc4o3)cccc2C1=O. The van der Waals surface area contributed by atoms with E-state index < -0.39 is 6.04 Å². The van der Waals surface area contributed by atoms with Crippen LogP contribution in [0.25, 0.3) is 11.0 Å². The lowest BCUT2D eigenvalue weighted by Crippen LogP contribution is -2.40. The first-order valence-corrected chi connectivity index (χ1v) is 9.97. The van der Waals surface area contributed by atoms with Crippen LogP contribution in [0.4, 0.5) is 0 Å². The van der Waals surface area contributed by atoms with E-state index in [-0.39, 0.29) is 37.0 Å². The van der Waals surface area contributed by atoms with Crippen molar-refractivity contribution >= 4 is 28.4 Å². The maximum absolute atomic E-state index is 12.9. The second-order valence-electron chi connectivity index (χ2n) is 7.62. The molecule has 0 saturated carbocycles. The number of benzene rings is 2. The fourth-order valence-electron chi connectivity index (χ4n) is 3.89. The Labute approximate surface area is 174 Å². The van der Waals surface area contributed by atoms with Gasteiger partial charge in [-0.3, -0.25) is 9.59 Å². The maximum atomic E-state index is 12.9. The highest BCUT2D eigenvalue weighted by molar-refractivity contribution is 6.01. The molecule has 2 heterocycles. The number of rotatable bonds is 8. The quantitative estimate of drug-likeness (QED) is 0.559. The number of carbonyl (C=O) groups excluding carboxylic acids is 3. The van der Waals surface area contributed by atoms with Crippen molar-refractivity contribution in [3.05, 3.63) is 65.4 Å². The zero-order chi connectivity index (χ0) is 21.3. The number of carbonyl (C=O) groups is 3. The number of Topliss-reactive ketones (excluding diaryl/α,β-unsaturated/α-hetero) is 2. The van der Waals surface area contributed by atoms with Crippen molar-refractivity contribution in [1.82, 2.24) is 4.90 Å².